The minimum Gasteiger partial charge on any atom is -0.340 e. The van der Waals surface area contributed by atoms with Crippen molar-refractivity contribution < 1.29 is 4.79 Å². The minimum atomic E-state index is -0.0923. The van der Waals surface area contributed by atoms with Crippen molar-refractivity contribution in [3.63, 3.8) is 0 Å². The molecule has 0 aromatic heterocycles. The van der Waals surface area contributed by atoms with E-state index in [-0.39, 0.29) is 11.8 Å². The van der Waals surface area contributed by atoms with Crippen LogP contribution in [0.4, 0.5) is 0 Å². The lowest BCUT2D eigenvalue weighted by Gasteiger charge is -2.30. The van der Waals surface area contributed by atoms with E-state index in [0.717, 1.165) is 31.7 Å². The first-order valence-corrected chi connectivity index (χ1v) is 6.31. The number of nitrogens with zero attached hydrogens (tertiary/aromatic N) is 1. The predicted octanol–water partition coefficient (Wildman–Crippen LogP) is 1.88. The van der Waals surface area contributed by atoms with Crippen LogP contribution in [0.1, 0.15) is 18.4 Å². The van der Waals surface area contributed by atoms with Crippen molar-refractivity contribution in [3.8, 4) is 0 Å². The number of carbonyl (C=O) groups is 1. The van der Waals surface area contributed by atoms with Crippen LogP contribution in [-0.4, -0.2) is 37.0 Å². The highest BCUT2D eigenvalue weighted by Crippen LogP contribution is 2.20. The summed E-state index contributed by atoms with van der Waals surface area (Å²) in [6, 6.07) is 7.51. The van der Waals surface area contributed by atoms with Crippen molar-refractivity contribution >= 4 is 17.5 Å². The molecule has 1 aromatic rings. The Labute approximate surface area is 107 Å². The van der Waals surface area contributed by atoms with Crippen molar-refractivity contribution in [2.75, 3.05) is 26.2 Å². The lowest BCUT2D eigenvalue weighted by Crippen LogP contribution is -2.47. The molecule has 1 unspecified atom stereocenters. The normalized spacial score (nSPS) is 17.9. The molecular formula is C13H17ClN2O. The van der Waals surface area contributed by atoms with Crippen LogP contribution >= 0.6 is 11.6 Å². The topological polar surface area (TPSA) is 32.3 Å². The Bertz CT molecular complexity index is 385. The van der Waals surface area contributed by atoms with Crippen molar-refractivity contribution in [1.29, 1.82) is 0 Å². The molecule has 1 saturated heterocycles. The van der Waals surface area contributed by atoms with E-state index in [4.69, 9.17) is 11.6 Å². The quantitative estimate of drug-likeness (QED) is 0.872. The molecule has 0 saturated carbocycles. The maximum Gasteiger partial charge on any atom is 0.229 e. The summed E-state index contributed by atoms with van der Waals surface area (Å²) in [7, 11) is 0. The summed E-state index contributed by atoms with van der Waals surface area (Å²) in [5.41, 5.74) is 1.03. The van der Waals surface area contributed by atoms with Crippen LogP contribution in [0.5, 0.6) is 0 Å². The molecule has 1 atom stereocenters. The molecule has 17 heavy (non-hydrogen) atoms. The zero-order chi connectivity index (χ0) is 12.3. The van der Waals surface area contributed by atoms with Crippen LogP contribution in [0, 0.1) is 0 Å². The highest BCUT2D eigenvalue weighted by atomic mass is 35.5. The van der Waals surface area contributed by atoms with E-state index in [1.807, 2.05) is 36.1 Å². The molecule has 1 aliphatic heterocycles. The van der Waals surface area contributed by atoms with Crippen LogP contribution < -0.4 is 5.32 Å². The summed E-state index contributed by atoms with van der Waals surface area (Å²) in [6.45, 7) is 5.33. The molecule has 1 aromatic carbocycles. The lowest BCUT2D eigenvalue weighted by atomic mass is 9.99. The number of carbonyl (C=O) groups excluding carboxylic acids is 1. The van der Waals surface area contributed by atoms with Gasteiger partial charge in [-0.25, -0.2) is 0 Å². The Balaban J connectivity index is 2.05. The molecule has 2 rings (SSSR count). The van der Waals surface area contributed by atoms with Gasteiger partial charge in [-0.3, -0.25) is 4.79 Å². The van der Waals surface area contributed by atoms with Gasteiger partial charge in [0.05, 0.1) is 5.92 Å². The van der Waals surface area contributed by atoms with Crippen molar-refractivity contribution in [1.82, 2.24) is 10.2 Å². The first-order chi connectivity index (χ1) is 8.18. The summed E-state index contributed by atoms with van der Waals surface area (Å²) in [6.07, 6.45) is 0. The van der Waals surface area contributed by atoms with Crippen LogP contribution in [0.3, 0.4) is 0 Å². The number of amides is 1. The standard InChI is InChI=1S/C13H17ClN2O/c1-10(11-2-4-12(14)5-3-11)13(17)16-8-6-15-7-9-16/h2-5,10,15H,6-9H2,1H3. The first kappa shape index (κ1) is 12.4. The van der Waals surface area contributed by atoms with E-state index in [1.165, 1.54) is 0 Å². The fourth-order valence-corrected chi connectivity index (χ4v) is 2.18. The average Bonchev–Trinajstić information content (AvgIpc) is 2.39. The highest BCUT2D eigenvalue weighted by Gasteiger charge is 2.22. The van der Waals surface area contributed by atoms with E-state index in [1.54, 1.807) is 0 Å². The Hall–Kier alpha value is -1.06. The number of hydrogen-bond donors (Lipinski definition) is 1. The summed E-state index contributed by atoms with van der Waals surface area (Å²) in [5.74, 6) is 0.110. The van der Waals surface area contributed by atoms with Gasteiger partial charge in [0.25, 0.3) is 0 Å². The van der Waals surface area contributed by atoms with E-state index in [9.17, 15) is 4.79 Å². The van der Waals surface area contributed by atoms with Crippen molar-refractivity contribution in [2.45, 2.75) is 12.8 Å². The van der Waals surface area contributed by atoms with E-state index >= 15 is 0 Å². The van der Waals surface area contributed by atoms with Gasteiger partial charge in [-0.05, 0) is 24.6 Å². The summed E-state index contributed by atoms with van der Waals surface area (Å²) in [4.78, 5) is 14.2. The Kier molecular flexibility index (Phi) is 4.02. The van der Waals surface area contributed by atoms with Crippen molar-refractivity contribution in [2.24, 2.45) is 0 Å². The lowest BCUT2D eigenvalue weighted by molar-refractivity contribution is -0.133. The third kappa shape index (κ3) is 2.99. The van der Waals surface area contributed by atoms with Gasteiger partial charge in [0.2, 0.25) is 5.91 Å². The Morgan fingerprint density at radius 3 is 2.47 bits per heavy atom. The molecule has 1 amide bonds. The Morgan fingerprint density at radius 2 is 1.88 bits per heavy atom. The largest absolute Gasteiger partial charge is 0.340 e. The van der Waals surface area contributed by atoms with Crippen LogP contribution in [0.15, 0.2) is 24.3 Å². The number of hydrogen-bond acceptors (Lipinski definition) is 2. The molecule has 92 valence electrons. The van der Waals surface area contributed by atoms with E-state index < -0.39 is 0 Å². The summed E-state index contributed by atoms with van der Waals surface area (Å²) >= 11 is 5.84. The van der Waals surface area contributed by atoms with Crippen LogP contribution in [0.25, 0.3) is 0 Å². The fraction of sp³-hybridized carbons (Fsp3) is 0.462. The molecule has 0 bridgehead atoms. The molecule has 1 aliphatic rings. The summed E-state index contributed by atoms with van der Waals surface area (Å²) < 4.78 is 0. The molecular weight excluding hydrogens is 236 g/mol. The van der Waals surface area contributed by atoms with Gasteiger partial charge < -0.3 is 10.2 Å². The number of nitrogens with one attached hydrogen (secondary N) is 1. The molecule has 0 spiro atoms. The third-order valence-electron chi connectivity index (χ3n) is 3.17. The maximum absolute atomic E-state index is 12.2. The number of benzene rings is 1. The second-order valence-electron chi connectivity index (χ2n) is 4.35. The first-order valence-electron chi connectivity index (χ1n) is 5.93. The van der Waals surface area contributed by atoms with Gasteiger partial charge in [0, 0.05) is 31.2 Å². The molecule has 0 radical (unpaired) electrons. The molecule has 1 heterocycles. The second-order valence-corrected chi connectivity index (χ2v) is 4.78. The second kappa shape index (κ2) is 5.52. The van der Waals surface area contributed by atoms with Gasteiger partial charge in [0.1, 0.15) is 0 Å². The average molecular weight is 253 g/mol. The van der Waals surface area contributed by atoms with E-state index in [2.05, 4.69) is 5.32 Å². The summed E-state index contributed by atoms with van der Waals surface area (Å²) in [5, 5.41) is 3.95. The van der Waals surface area contributed by atoms with Gasteiger partial charge >= 0.3 is 0 Å². The van der Waals surface area contributed by atoms with Crippen LogP contribution in [-0.2, 0) is 4.79 Å². The molecule has 3 nitrogen and oxygen atoms in total. The molecule has 1 N–H and O–H groups in total. The van der Waals surface area contributed by atoms with Gasteiger partial charge in [-0.2, -0.15) is 0 Å². The number of rotatable bonds is 2. The Morgan fingerprint density at radius 1 is 1.29 bits per heavy atom. The molecule has 4 heteroatoms. The number of halogens is 1. The zero-order valence-corrected chi connectivity index (χ0v) is 10.7. The third-order valence-corrected chi connectivity index (χ3v) is 3.42. The van der Waals surface area contributed by atoms with Gasteiger partial charge in [-0.1, -0.05) is 23.7 Å². The smallest absolute Gasteiger partial charge is 0.229 e. The SMILES string of the molecule is CC(C(=O)N1CCNCC1)c1ccc(Cl)cc1. The molecule has 1 fully saturated rings. The van der Waals surface area contributed by atoms with Crippen molar-refractivity contribution in [3.05, 3.63) is 34.9 Å². The number of piperazine rings is 1. The van der Waals surface area contributed by atoms with Crippen LogP contribution in [0.2, 0.25) is 5.02 Å². The minimum absolute atomic E-state index is 0.0923. The van der Waals surface area contributed by atoms with Gasteiger partial charge in [0.15, 0.2) is 0 Å². The van der Waals surface area contributed by atoms with E-state index in [0.29, 0.717) is 5.02 Å². The predicted molar refractivity (Wildman–Crippen MR) is 69.3 cm³/mol. The fourth-order valence-electron chi connectivity index (χ4n) is 2.05. The van der Waals surface area contributed by atoms with Gasteiger partial charge in [-0.15, -0.1) is 0 Å². The molecule has 0 aliphatic carbocycles. The maximum atomic E-state index is 12.2. The highest BCUT2D eigenvalue weighted by molar-refractivity contribution is 6.30. The zero-order valence-electron chi connectivity index (χ0n) is 9.95. The monoisotopic (exact) mass is 252 g/mol.